The molecule has 0 saturated heterocycles. The molecule has 0 amide bonds. The van der Waals surface area contributed by atoms with Crippen molar-refractivity contribution in [3.05, 3.63) is 48.0 Å². The fourth-order valence-corrected chi connectivity index (χ4v) is 1.57. The fourth-order valence-electron chi connectivity index (χ4n) is 1.34. The highest BCUT2D eigenvalue weighted by atomic mass is 79.9. The summed E-state index contributed by atoms with van der Waals surface area (Å²) in [4.78, 5) is 2.72. The second-order valence-electron chi connectivity index (χ2n) is 2.78. The van der Waals surface area contributed by atoms with Crippen LogP contribution in [0.3, 0.4) is 0 Å². The lowest BCUT2D eigenvalue weighted by molar-refractivity contribution is 1.82. The summed E-state index contributed by atoms with van der Waals surface area (Å²) in [5.74, 6) is 2.97. The molecule has 0 unspecified atom stereocenters. The zero-order chi connectivity index (χ0) is 9.10. The van der Waals surface area contributed by atoms with Gasteiger partial charge in [-0.05, 0) is 28.1 Å². The van der Waals surface area contributed by atoms with E-state index in [9.17, 15) is 0 Å². The van der Waals surface area contributed by atoms with Gasteiger partial charge in [0.25, 0.3) is 0 Å². The Morgan fingerprint density at radius 3 is 2.08 bits per heavy atom. The van der Waals surface area contributed by atoms with Gasteiger partial charge in [0, 0.05) is 21.5 Å². The van der Waals surface area contributed by atoms with Gasteiger partial charge >= 0.3 is 0 Å². The zero-order valence-electron chi connectivity index (χ0n) is 6.92. The van der Waals surface area contributed by atoms with Gasteiger partial charge in [0.05, 0.1) is 0 Å². The summed E-state index contributed by atoms with van der Waals surface area (Å²) < 4.78 is 0. The minimum absolute atomic E-state index is 1.05. The first-order chi connectivity index (χ1) is 6.40. The minimum Gasteiger partial charge on any atom is -0.0622 e. The van der Waals surface area contributed by atoms with E-state index in [1.807, 2.05) is 18.2 Å². The van der Waals surface area contributed by atoms with Gasteiger partial charge in [0.1, 0.15) is 0 Å². The van der Waals surface area contributed by atoms with Crippen LogP contribution in [0, 0.1) is 10.8 Å². The SMILES string of the molecule is BrC#Cc1cc2cccccc-2c1. The third-order valence-corrected chi connectivity index (χ3v) is 2.12. The molecule has 0 N–H and O–H groups in total. The van der Waals surface area contributed by atoms with Crippen LogP contribution >= 0.6 is 15.9 Å². The maximum absolute atomic E-state index is 3.09. The highest BCUT2D eigenvalue weighted by Crippen LogP contribution is 2.23. The van der Waals surface area contributed by atoms with Gasteiger partial charge in [-0.25, -0.2) is 0 Å². The zero-order valence-corrected chi connectivity index (χ0v) is 8.51. The number of rotatable bonds is 0. The minimum atomic E-state index is 1.05. The van der Waals surface area contributed by atoms with Gasteiger partial charge in [-0.3, -0.25) is 0 Å². The van der Waals surface area contributed by atoms with E-state index in [-0.39, 0.29) is 0 Å². The largest absolute Gasteiger partial charge is 0.0622 e. The molecule has 0 nitrogen and oxygen atoms in total. The van der Waals surface area contributed by atoms with Crippen LogP contribution in [0.4, 0.5) is 0 Å². The lowest BCUT2D eigenvalue weighted by Gasteiger charge is -1.85. The molecular formula is C12H7Br. The third-order valence-electron chi connectivity index (χ3n) is 1.92. The first-order valence-corrected chi connectivity index (χ1v) is 4.80. The Bertz CT molecular complexity index is 418. The van der Waals surface area contributed by atoms with Crippen molar-refractivity contribution in [1.29, 1.82) is 0 Å². The molecule has 1 heteroatoms. The summed E-state index contributed by atoms with van der Waals surface area (Å²) in [5, 5.41) is 0. The molecule has 0 spiro atoms. The Morgan fingerprint density at radius 2 is 1.54 bits per heavy atom. The summed E-state index contributed by atoms with van der Waals surface area (Å²) in [6, 6.07) is 14.5. The predicted octanol–water partition coefficient (Wildman–Crippen LogP) is 3.50. The van der Waals surface area contributed by atoms with Crippen molar-refractivity contribution in [2.45, 2.75) is 0 Å². The topological polar surface area (TPSA) is 0 Å². The molecule has 0 aromatic heterocycles. The lowest BCUT2D eigenvalue weighted by Crippen LogP contribution is -1.59. The summed E-state index contributed by atoms with van der Waals surface area (Å²) in [5.41, 5.74) is 3.52. The van der Waals surface area contributed by atoms with Crippen LogP contribution in [0.15, 0.2) is 42.5 Å². The van der Waals surface area contributed by atoms with Crippen LogP contribution in [0.5, 0.6) is 0 Å². The Balaban J connectivity index is 2.61. The first kappa shape index (κ1) is 8.34. The van der Waals surface area contributed by atoms with E-state index in [2.05, 4.69) is 50.9 Å². The monoisotopic (exact) mass is 230 g/mol. The number of hydrogen-bond donors (Lipinski definition) is 0. The molecular weight excluding hydrogens is 224 g/mol. The fraction of sp³-hybridized carbons (Fsp3) is 0. The smallest absolute Gasteiger partial charge is 0.0266 e. The van der Waals surface area contributed by atoms with Gasteiger partial charge in [0.2, 0.25) is 0 Å². The van der Waals surface area contributed by atoms with E-state index in [1.165, 1.54) is 11.1 Å². The molecule has 0 atom stereocenters. The van der Waals surface area contributed by atoms with Crippen LogP contribution in [0.25, 0.3) is 11.1 Å². The van der Waals surface area contributed by atoms with Crippen LogP contribution in [-0.2, 0) is 0 Å². The van der Waals surface area contributed by atoms with Gasteiger partial charge in [-0.15, -0.1) is 0 Å². The lowest BCUT2D eigenvalue weighted by atomic mass is 10.2. The second-order valence-corrected chi connectivity index (χ2v) is 3.18. The van der Waals surface area contributed by atoms with Gasteiger partial charge in [-0.2, -0.15) is 0 Å². The average molecular weight is 231 g/mol. The van der Waals surface area contributed by atoms with E-state index < -0.39 is 0 Å². The van der Waals surface area contributed by atoms with Crippen LogP contribution in [-0.4, -0.2) is 0 Å². The van der Waals surface area contributed by atoms with E-state index >= 15 is 0 Å². The molecule has 2 aliphatic carbocycles. The molecule has 13 heavy (non-hydrogen) atoms. The normalized spacial score (nSPS) is 9.31. The molecule has 2 aliphatic rings. The predicted molar refractivity (Wildman–Crippen MR) is 58.9 cm³/mol. The van der Waals surface area contributed by atoms with Crippen LogP contribution in [0.1, 0.15) is 5.56 Å². The van der Waals surface area contributed by atoms with Crippen molar-refractivity contribution in [2.75, 3.05) is 0 Å². The van der Waals surface area contributed by atoms with Crippen molar-refractivity contribution in [3.63, 3.8) is 0 Å². The van der Waals surface area contributed by atoms with Gasteiger partial charge < -0.3 is 0 Å². The van der Waals surface area contributed by atoms with Crippen molar-refractivity contribution >= 4 is 15.9 Å². The van der Waals surface area contributed by atoms with E-state index in [1.54, 1.807) is 0 Å². The number of halogens is 1. The molecule has 62 valence electrons. The van der Waals surface area contributed by atoms with Gasteiger partial charge in [-0.1, -0.05) is 36.3 Å². The Morgan fingerprint density at radius 1 is 0.923 bits per heavy atom. The van der Waals surface area contributed by atoms with Crippen molar-refractivity contribution in [2.24, 2.45) is 0 Å². The quantitative estimate of drug-likeness (QED) is 0.609. The standard InChI is InChI=1S/C12H7Br/c13-7-6-10-8-11-4-2-1-3-5-12(11)9-10/h1-5,8-9H. The van der Waals surface area contributed by atoms with Crippen molar-refractivity contribution in [1.82, 2.24) is 0 Å². The maximum Gasteiger partial charge on any atom is 0.0266 e. The van der Waals surface area contributed by atoms with E-state index in [4.69, 9.17) is 0 Å². The molecule has 0 heterocycles. The first-order valence-electron chi connectivity index (χ1n) is 4.00. The molecule has 2 rings (SSSR count). The highest BCUT2D eigenvalue weighted by Gasteiger charge is 2.01. The maximum atomic E-state index is 3.09. The van der Waals surface area contributed by atoms with Crippen LogP contribution in [0.2, 0.25) is 0 Å². The van der Waals surface area contributed by atoms with Crippen LogP contribution < -0.4 is 0 Å². The van der Waals surface area contributed by atoms with Crippen molar-refractivity contribution < 1.29 is 0 Å². The molecule has 0 radical (unpaired) electrons. The van der Waals surface area contributed by atoms with Gasteiger partial charge in [0.15, 0.2) is 0 Å². The third kappa shape index (κ3) is 1.74. The summed E-state index contributed by atoms with van der Waals surface area (Å²) in [7, 11) is 0. The number of hydrogen-bond acceptors (Lipinski definition) is 0. The Labute approximate surface area is 86.1 Å². The molecule has 0 aliphatic heterocycles. The number of fused-ring (bicyclic) bond motifs is 1. The summed E-state index contributed by atoms with van der Waals surface area (Å²) in [6.07, 6.45) is 0. The Hall–Kier alpha value is -1.26. The van der Waals surface area contributed by atoms with Crippen molar-refractivity contribution in [3.8, 4) is 21.9 Å². The molecule has 0 saturated carbocycles. The highest BCUT2D eigenvalue weighted by molar-refractivity contribution is 9.12. The van der Waals surface area contributed by atoms with E-state index in [0.717, 1.165) is 5.56 Å². The molecule has 0 aromatic rings. The Kier molecular flexibility index (Phi) is 2.33. The average Bonchev–Trinajstić information content (AvgIpc) is 2.37. The molecule has 0 aromatic carbocycles. The molecule has 0 bridgehead atoms. The summed E-state index contributed by atoms with van der Waals surface area (Å²) in [6.45, 7) is 0. The van der Waals surface area contributed by atoms with E-state index in [0.29, 0.717) is 0 Å². The molecule has 0 fully saturated rings. The summed E-state index contributed by atoms with van der Waals surface area (Å²) >= 11 is 3.09. The second kappa shape index (κ2) is 3.64.